The first kappa shape index (κ1) is 24.6. The van der Waals surface area contributed by atoms with Crippen molar-refractivity contribution in [3.05, 3.63) is 29.8 Å². The van der Waals surface area contributed by atoms with Crippen molar-refractivity contribution in [2.24, 2.45) is 0 Å². The Morgan fingerprint density at radius 3 is 2.56 bits per heavy atom. The number of benzene rings is 1. The minimum absolute atomic E-state index is 0.118. The summed E-state index contributed by atoms with van der Waals surface area (Å²) in [6.07, 6.45) is 8.12. The van der Waals surface area contributed by atoms with Crippen LogP contribution in [-0.4, -0.2) is 82.8 Å². The molecule has 0 unspecified atom stereocenters. The van der Waals surface area contributed by atoms with Crippen LogP contribution >= 0.6 is 0 Å². The van der Waals surface area contributed by atoms with E-state index in [1.165, 1.54) is 0 Å². The third-order valence-corrected chi connectivity index (χ3v) is 8.40. The second kappa shape index (κ2) is 10.1. The minimum atomic E-state index is -0.822. The number of carbonyl (C=O) groups excluding carboxylic acids is 4. The van der Waals surface area contributed by atoms with E-state index in [-0.39, 0.29) is 36.3 Å². The monoisotopic (exact) mass is 496 g/mol. The normalized spacial score (nSPS) is 26.6. The summed E-state index contributed by atoms with van der Waals surface area (Å²) in [6.45, 7) is 0.860. The Balaban J connectivity index is 1.36. The molecule has 4 aliphatic rings. The van der Waals surface area contributed by atoms with E-state index in [2.05, 4.69) is 5.32 Å². The summed E-state index contributed by atoms with van der Waals surface area (Å²) in [7, 11) is 1.80. The molecule has 1 saturated carbocycles. The van der Waals surface area contributed by atoms with E-state index in [1.807, 2.05) is 23.1 Å². The lowest BCUT2D eigenvalue weighted by atomic mass is 9.90. The van der Waals surface area contributed by atoms with Gasteiger partial charge in [-0.25, -0.2) is 4.79 Å². The third-order valence-electron chi connectivity index (χ3n) is 8.40. The Morgan fingerprint density at radius 2 is 1.75 bits per heavy atom. The SMILES string of the molecule is CN1C(=O)c2ccccc2OCCCCC[C@H]2[C@@H]1CCCN2C(=O)CN1C(=O)NC2(CCCC2)C1=O. The third kappa shape index (κ3) is 4.44. The Morgan fingerprint density at radius 1 is 1.00 bits per heavy atom. The van der Waals surface area contributed by atoms with Gasteiger partial charge in [0.25, 0.3) is 11.8 Å². The molecule has 1 spiro atoms. The summed E-state index contributed by atoms with van der Waals surface area (Å²) in [4.78, 5) is 57.6. The van der Waals surface area contributed by atoms with E-state index in [4.69, 9.17) is 4.74 Å². The van der Waals surface area contributed by atoms with Crippen LogP contribution in [0.1, 0.15) is 74.6 Å². The molecular weight excluding hydrogens is 460 g/mol. The highest BCUT2D eigenvalue weighted by molar-refractivity contribution is 6.09. The van der Waals surface area contributed by atoms with Crippen LogP contribution in [0, 0.1) is 0 Å². The van der Waals surface area contributed by atoms with Gasteiger partial charge in [0.05, 0.1) is 24.3 Å². The van der Waals surface area contributed by atoms with E-state index in [0.717, 1.165) is 56.3 Å². The first-order valence-corrected chi connectivity index (χ1v) is 13.3. The fourth-order valence-corrected chi connectivity index (χ4v) is 6.43. The molecule has 9 heteroatoms. The van der Waals surface area contributed by atoms with Gasteiger partial charge in [-0.05, 0) is 57.1 Å². The molecule has 2 atom stereocenters. The maximum Gasteiger partial charge on any atom is 0.325 e. The number of hydrogen-bond donors (Lipinski definition) is 1. The number of amides is 5. The van der Waals surface area contributed by atoms with Crippen molar-refractivity contribution < 1.29 is 23.9 Å². The number of piperidine rings is 1. The largest absolute Gasteiger partial charge is 0.493 e. The van der Waals surface area contributed by atoms with Gasteiger partial charge in [0, 0.05) is 13.6 Å². The van der Waals surface area contributed by atoms with Gasteiger partial charge in [0.2, 0.25) is 5.91 Å². The average molecular weight is 497 g/mol. The second-order valence-electron chi connectivity index (χ2n) is 10.6. The van der Waals surface area contributed by atoms with E-state index in [0.29, 0.717) is 37.3 Å². The molecule has 0 aromatic heterocycles. The maximum absolute atomic E-state index is 13.6. The zero-order valence-corrected chi connectivity index (χ0v) is 21.0. The van der Waals surface area contributed by atoms with Gasteiger partial charge in [-0.15, -0.1) is 0 Å². The number of nitrogens with one attached hydrogen (secondary N) is 1. The molecule has 3 aliphatic heterocycles. The molecule has 0 radical (unpaired) electrons. The second-order valence-corrected chi connectivity index (χ2v) is 10.6. The van der Waals surface area contributed by atoms with Gasteiger partial charge in [0.1, 0.15) is 17.8 Å². The predicted octanol–water partition coefficient (Wildman–Crippen LogP) is 2.94. The van der Waals surface area contributed by atoms with Gasteiger partial charge < -0.3 is 19.9 Å². The van der Waals surface area contributed by atoms with Gasteiger partial charge in [-0.2, -0.15) is 0 Å². The van der Waals surface area contributed by atoms with Gasteiger partial charge in [-0.3, -0.25) is 19.3 Å². The molecule has 36 heavy (non-hydrogen) atoms. The molecule has 1 aromatic rings. The van der Waals surface area contributed by atoms with Gasteiger partial charge in [-0.1, -0.05) is 31.4 Å². The number of likely N-dealkylation sites (tertiary alicyclic amines) is 1. The van der Waals surface area contributed by atoms with Crippen molar-refractivity contribution in [1.82, 2.24) is 20.0 Å². The summed E-state index contributed by atoms with van der Waals surface area (Å²) in [5.41, 5.74) is -0.291. The number of urea groups is 1. The fourth-order valence-electron chi connectivity index (χ4n) is 6.43. The standard InChI is InChI=1S/C27H36N4O5/c1-29-20-12-9-16-30(23(32)18-31-25(34)27(28-26(31)35)14-6-7-15-27)21(20)11-3-2-8-17-36-22-13-5-4-10-19(22)24(29)33/h4-5,10,13,20-21H,2-3,6-9,11-12,14-18H2,1H3,(H,28,35)/t20-,21-/m0/s1. The molecule has 1 aliphatic carbocycles. The van der Waals surface area contributed by atoms with Crippen LogP contribution in [0.25, 0.3) is 0 Å². The van der Waals surface area contributed by atoms with Gasteiger partial charge in [0.15, 0.2) is 0 Å². The molecule has 194 valence electrons. The quantitative estimate of drug-likeness (QED) is 0.635. The average Bonchev–Trinajstić information content (AvgIpc) is 3.44. The number of rotatable bonds is 2. The molecular formula is C27H36N4O5. The molecule has 0 bridgehead atoms. The molecule has 3 fully saturated rings. The van der Waals surface area contributed by atoms with E-state index < -0.39 is 11.6 Å². The van der Waals surface area contributed by atoms with Crippen molar-refractivity contribution in [1.29, 1.82) is 0 Å². The number of carbonyl (C=O) groups is 4. The van der Waals surface area contributed by atoms with Crippen molar-refractivity contribution >= 4 is 23.8 Å². The first-order chi connectivity index (χ1) is 17.4. The van der Waals surface area contributed by atoms with Crippen molar-refractivity contribution in [3.63, 3.8) is 0 Å². The molecule has 1 N–H and O–H groups in total. The van der Waals surface area contributed by atoms with Crippen molar-refractivity contribution in [2.75, 3.05) is 26.7 Å². The van der Waals surface area contributed by atoms with E-state index in [1.54, 1.807) is 18.0 Å². The summed E-state index contributed by atoms with van der Waals surface area (Å²) in [6, 6.07) is 6.55. The zero-order valence-electron chi connectivity index (χ0n) is 21.0. The number of imide groups is 1. The topological polar surface area (TPSA) is 99.3 Å². The minimum Gasteiger partial charge on any atom is -0.493 e. The maximum atomic E-state index is 13.6. The number of likely N-dealkylation sites (N-methyl/N-ethyl adjacent to an activating group) is 1. The molecule has 3 heterocycles. The van der Waals surface area contributed by atoms with Crippen LogP contribution in [0.5, 0.6) is 5.75 Å². The lowest BCUT2D eigenvalue weighted by Crippen LogP contribution is -2.59. The summed E-state index contributed by atoms with van der Waals surface area (Å²) in [5.74, 6) is -0.0169. The Labute approximate surface area is 212 Å². The van der Waals surface area contributed by atoms with Crippen molar-refractivity contribution in [2.45, 2.75) is 81.8 Å². The number of nitrogens with zero attached hydrogens (tertiary/aromatic N) is 3. The Bertz CT molecular complexity index is 1040. The summed E-state index contributed by atoms with van der Waals surface area (Å²) in [5, 5.41) is 2.86. The predicted molar refractivity (Wildman–Crippen MR) is 132 cm³/mol. The Kier molecular flexibility index (Phi) is 6.90. The number of para-hydroxylation sites is 1. The lowest BCUT2D eigenvalue weighted by molar-refractivity contribution is -0.142. The first-order valence-electron chi connectivity index (χ1n) is 13.3. The zero-order chi connectivity index (χ0) is 25.3. The number of hydrogen-bond acceptors (Lipinski definition) is 5. The van der Waals surface area contributed by atoms with Gasteiger partial charge >= 0.3 is 6.03 Å². The smallest absolute Gasteiger partial charge is 0.325 e. The highest BCUT2D eigenvalue weighted by Gasteiger charge is 2.53. The van der Waals surface area contributed by atoms with E-state index >= 15 is 0 Å². The molecule has 2 saturated heterocycles. The fraction of sp³-hybridized carbons (Fsp3) is 0.630. The van der Waals surface area contributed by atoms with Crippen LogP contribution in [0.3, 0.4) is 0 Å². The van der Waals surface area contributed by atoms with Crippen LogP contribution in [0.15, 0.2) is 24.3 Å². The molecule has 1 aromatic carbocycles. The van der Waals surface area contributed by atoms with Crippen molar-refractivity contribution in [3.8, 4) is 5.75 Å². The highest BCUT2D eigenvalue weighted by atomic mass is 16.5. The van der Waals surface area contributed by atoms with Crippen LogP contribution in [0.4, 0.5) is 4.79 Å². The lowest BCUT2D eigenvalue weighted by Gasteiger charge is -2.45. The highest BCUT2D eigenvalue weighted by Crippen LogP contribution is 2.35. The Hall–Kier alpha value is -3.10. The van der Waals surface area contributed by atoms with E-state index in [9.17, 15) is 19.2 Å². The molecule has 5 amide bonds. The summed E-state index contributed by atoms with van der Waals surface area (Å²) < 4.78 is 5.92. The number of fused-ring (bicyclic) bond motifs is 2. The van der Waals surface area contributed by atoms with Crippen LogP contribution in [-0.2, 0) is 9.59 Å². The van der Waals surface area contributed by atoms with Crippen LogP contribution < -0.4 is 10.1 Å². The molecule has 5 rings (SSSR count). The van der Waals surface area contributed by atoms with Crippen LogP contribution in [0.2, 0.25) is 0 Å². The number of ether oxygens (including phenoxy) is 1. The molecule has 9 nitrogen and oxygen atoms in total. The summed E-state index contributed by atoms with van der Waals surface area (Å²) >= 11 is 0.